The number of hydrogen-bond donors (Lipinski definition) is 1. The summed E-state index contributed by atoms with van der Waals surface area (Å²) in [5, 5.41) is 3.93. The number of ether oxygens (including phenoxy) is 2. The highest BCUT2D eigenvalue weighted by Crippen LogP contribution is 2.33. The van der Waals surface area contributed by atoms with Gasteiger partial charge in [-0.05, 0) is 36.4 Å². The van der Waals surface area contributed by atoms with Gasteiger partial charge in [-0.2, -0.15) is 0 Å². The average Bonchev–Trinajstić information content (AvgIpc) is 3.22. The molecule has 0 radical (unpaired) electrons. The van der Waals surface area contributed by atoms with Crippen LogP contribution in [0.15, 0.2) is 60.8 Å². The van der Waals surface area contributed by atoms with Gasteiger partial charge in [0.15, 0.2) is 5.79 Å². The highest BCUT2D eigenvalue weighted by Gasteiger charge is 2.39. The molecule has 29 heavy (non-hydrogen) atoms. The van der Waals surface area contributed by atoms with E-state index in [1.54, 1.807) is 6.20 Å². The molecule has 2 aliphatic heterocycles. The number of hydrogen-bond acceptors (Lipinski definition) is 5. The summed E-state index contributed by atoms with van der Waals surface area (Å²) >= 11 is 0. The first kappa shape index (κ1) is 18.1. The van der Waals surface area contributed by atoms with Crippen molar-refractivity contribution in [3.05, 3.63) is 66.4 Å². The zero-order valence-electron chi connectivity index (χ0n) is 16.1. The van der Waals surface area contributed by atoms with E-state index in [4.69, 9.17) is 9.47 Å². The van der Waals surface area contributed by atoms with Crippen molar-refractivity contribution >= 4 is 28.2 Å². The number of nitrogens with one attached hydrogen (secondary N) is 1. The zero-order chi connectivity index (χ0) is 19.7. The number of carbonyl (C=O) groups is 1. The Morgan fingerprint density at radius 1 is 1.00 bits per heavy atom. The SMILES string of the molecule is O=C(Nc1cnc2ccccc2c1)c1ccc(N2CCC3(CC2)OCCO3)cc1. The summed E-state index contributed by atoms with van der Waals surface area (Å²) in [7, 11) is 0. The molecule has 0 aliphatic carbocycles. The summed E-state index contributed by atoms with van der Waals surface area (Å²) in [5.41, 5.74) is 3.34. The topological polar surface area (TPSA) is 63.7 Å². The van der Waals surface area contributed by atoms with Crippen LogP contribution >= 0.6 is 0 Å². The number of piperidine rings is 1. The van der Waals surface area contributed by atoms with Crippen molar-refractivity contribution in [2.45, 2.75) is 18.6 Å². The van der Waals surface area contributed by atoms with Crippen LogP contribution in [-0.2, 0) is 9.47 Å². The standard InChI is InChI=1S/C23H23N3O3/c27-22(25-19-15-18-3-1-2-4-21(18)24-16-19)17-5-7-20(8-6-17)26-11-9-23(10-12-26)28-13-14-29-23/h1-8,15-16H,9-14H2,(H,25,27). The number of rotatable bonds is 3. The van der Waals surface area contributed by atoms with Crippen LogP contribution in [-0.4, -0.2) is 43.0 Å². The summed E-state index contributed by atoms with van der Waals surface area (Å²) in [6.45, 7) is 3.15. The molecule has 0 unspecified atom stereocenters. The van der Waals surface area contributed by atoms with Crippen LogP contribution in [0.2, 0.25) is 0 Å². The van der Waals surface area contributed by atoms with E-state index in [1.165, 1.54) is 0 Å². The molecule has 0 atom stereocenters. The Bertz CT molecular complexity index is 1020. The fourth-order valence-corrected chi connectivity index (χ4v) is 4.06. The van der Waals surface area contributed by atoms with Gasteiger partial charge < -0.3 is 19.7 Å². The Labute approximate surface area is 169 Å². The van der Waals surface area contributed by atoms with E-state index in [0.29, 0.717) is 24.5 Å². The van der Waals surface area contributed by atoms with Gasteiger partial charge in [-0.1, -0.05) is 18.2 Å². The first-order valence-corrected chi connectivity index (χ1v) is 10.00. The Balaban J connectivity index is 1.24. The second kappa shape index (κ2) is 7.46. The summed E-state index contributed by atoms with van der Waals surface area (Å²) < 4.78 is 11.6. The summed E-state index contributed by atoms with van der Waals surface area (Å²) in [5.74, 6) is -0.511. The fourth-order valence-electron chi connectivity index (χ4n) is 4.06. The van der Waals surface area contributed by atoms with Crippen LogP contribution in [0.5, 0.6) is 0 Å². The van der Waals surface area contributed by atoms with Gasteiger partial charge in [-0.3, -0.25) is 9.78 Å². The molecule has 1 aromatic heterocycles. The summed E-state index contributed by atoms with van der Waals surface area (Å²) in [6.07, 6.45) is 3.42. The third kappa shape index (κ3) is 3.69. The number of carbonyl (C=O) groups excluding carboxylic acids is 1. The monoisotopic (exact) mass is 389 g/mol. The number of pyridine rings is 1. The van der Waals surface area contributed by atoms with E-state index in [9.17, 15) is 4.79 Å². The molecule has 2 aromatic carbocycles. The van der Waals surface area contributed by atoms with Gasteiger partial charge in [-0.15, -0.1) is 0 Å². The van der Waals surface area contributed by atoms with Gasteiger partial charge in [-0.25, -0.2) is 0 Å². The maximum absolute atomic E-state index is 12.6. The quantitative estimate of drug-likeness (QED) is 0.738. The van der Waals surface area contributed by atoms with Crippen LogP contribution in [0.1, 0.15) is 23.2 Å². The Morgan fingerprint density at radius 2 is 1.72 bits per heavy atom. The molecule has 5 rings (SSSR count). The molecule has 1 spiro atoms. The van der Waals surface area contributed by atoms with Crippen LogP contribution in [0.4, 0.5) is 11.4 Å². The number of benzene rings is 2. The second-order valence-electron chi connectivity index (χ2n) is 7.51. The summed E-state index contributed by atoms with van der Waals surface area (Å²) in [4.78, 5) is 19.3. The molecule has 2 fully saturated rings. The molecule has 2 aliphatic rings. The maximum Gasteiger partial charge on any atom is 0.255 e. The van der Waals surface area contributed by atoms with Gasteiger partial charge in [0.25, 0.3) is 5.91 Å². The molecule has 3 heterocycles. The first-order chi connectivity index (χ1) is 14.2. The zero-order valence-corrected chi connectivity index (χ0v) is 16.1. The number of nitrogens with zero attached hydrogens (tertiary/aromatic N) is 2. The Morgan fingerprint density at radius 3 is 2.48 bits per heavy atom. The van der Waals surface area contributed by atoms with Gasteiger partial charge >= 0.3 is 0 Å². The van der Waals surface area contributed by atoms with Crippen molar-refractivity contribution in [3.8, 4) is 0 Å². The highest BCUT2D eigenvalue weighted by molar-refractivity contribution is 6.05. The third-order valence-electron chi connectivity index (χ3n) is 5.68. The Hall–Kier alpha value is -2.96. The number of aromatic nitrogens is 1. The summed E-state index contributed by atoms with van der Waals surface area (Å²) in [6, 6.07) is 17.5. The van der Waals surface area contributed by atoms with Crippen molar-refractivity contribution in [2.24, 2.45) is 0 Å². The smallest absolute Gasteiger partial charge is 0.255 e. The molecule has 0 bridgehead atoms. The van der Waals surface area contributed by atoms with E-state index in [1.807, 2.05) is 54.6 Å². The van der Waals surface area contributed by atoms with E-state index >= 15 is 0 Å². The molecular formula is C23H23N3O3. The molecule has 6 nitrogen and oxygen atoms in total. The predicted molar refractivity (Wildman–Crippen MR) is 112 cm³/mol. The lowest BCUT2D eigenvalue weighted by atomic mass is 10.0. The number of fused-ring (bicyclic) bond motifs is 1. The van der Waals surface area contributed by atoms with Gasteiger partial charge in [0.05, 0.1) is 30.6 Å². The number of amides is 1. The average molecular weight is 389 g/mol. The first-order valence-electron chi connectivity index (χ1n) is 10.00. The minimum atomic E-state index is -0.371. The van der Waals surface area contributed by atoms with Gasteiger partial charge in [0, 0.05) is 42.6 Å². The van der Waals surface area contributed by atoms with Crippen LogP contribution < -0.4 is 10.2 Å². The molecule has 0 saturated carbocycles. The second-order valence-corrected chi connectivity index (χ2v) is 7.51. The van der Waals surface area contributed by atoms with Crippen LogP contribution in [0.25, 0.3) is 10.9 Å². The molecule has 1 N–H and O–H groups in total. The van der Waals surface area contributed by atoms with Crippen molar-refractivity contribution in [1.82, 2.24) is 4.98 Å². The van der Waals surface area contributed by atoms with Crippen LogP contribution in [0.3, 0.4) is 0 Å². The minimum Gasteiger partial charge on any atom is -0.371 e. The molecule has 2 saturated heterocycles. The van der Waals surface area contributed by atoms with Crippen molar-refractivity contribution < 1.29 is 14.3 Å². The largest absolute Gasteiger partial charge is 0.371 e. The lowest BCUT2D eigenvalue weighted by Gasteiger charge is -2.38. The van der Waals surface area contributed by atoms with E-state index < -0.39 is 0 Å². The fraction of sp³-hybridized carbons (Fsp3) is 0.304. The maximum atomic E-state index is 12.6. The van der Waals surface area contributed by atoms with Gasteiger partial charge in [0.1, 0.15) is 0 Å². The highest BCUT2D eigenvalue weighted by atomic mass is 16.7. The van der Waals surface area contributed by atoms with Crippen molar-refractivity contribution in [1.29, 1.82) is 0 Å². The normalized spacial score (nSPS) is 18.3. The molecule has 148 valence electrons. The number of para-hydroxylation sites is 1. The van der Waals surface area contributed by atoms with Crippen LogP contribution in [0, 0.1) is 0 Å². The Kier molecular flexibility index (Phi) is 4.66. The predicted octanol–water partition coefficient (Wildman–Crippen LogP) is 3.83. The molecule has 6 heteroatoms. The lowest BCUT2D eigenvalue weighted by molar-refractivity contribution is -0.169. The molecular weight excluding hydrogens is 366 g/mol. The molecule has 1 amide bonds. The van der Waals surface area contributed by atoms with Crippen molar-refractivity contribution in [2.75, 3.05) is 36.5 Å². The molecule has 3 aromatic rings. The third-order valence-corrected chi connectivity index (χ3v) is 5.68. The van der Waals surface area contributed by atoms with Crippen molar-refractivity contribution in [3.63, 3.8) is 0 Å². The number of anilines is 2. The lowest BCUT2D eigenvalue weighted by Crippen LogP contribution is -2.45. The van der Waals surface area contributed by atoms with E-state index in [2.05, 4.69) is 15.2 Å². The minimum absolute atomic E-state index is 0.140. The van der Waals surface area contributed by atoms with E-state index in [-0.39, 0.29) is 11.7 Å². The van der Waals surface area contributed by atoms with Gasteiger partial charge in [0.2, 0.25) is 0 Å². The van der Waals surface area contributed by atoms with E-state index in [0.717, 1.165) is 42.5 Å².